The quantitative estimate of drug-likeness (QED) is 0.924. The highest BCUT2D eigenvalue weighted by Crippen LogP contribution is 2.28. The molecule has 0 saturated carbocycles. The van der Waals surface area contributed by atoms with Gasteiger partial charge in [-0.1, -0.05) is 12.1 Å². The molecule has 1 aromatic heterocycles. The maximum Gasteiger partial charge on any atom is 0.137 e. The molecule has 1 aromatic carbocycles. The number of hydrogen-bond donors (Lipinski definition) is 1. The lowest BCUT2D eigenvalue weighted by Gasteiger charge is -2.12. The van der Waals surface area contributed by atoms with Crippen molar-refractivity contribution in [2.24, 2.45) is 5.73 Å². The molecule has 0 bridgehead atoms. The van der Waals surface area contributed by atoms with E-state index in [4.69, 9.17) is 10.5 Å². The van der Waals surface area contributed by atoms with Crippen LogP contribution in [0.3, 0.4) is 0 Å². The van der Waals surface area contributed by atoms with E-state index in [1.165, 1.54) is 5.56 Å². The molecule has 3 nitrogen and oxygen atoms in total. The first-order valence-corrected chi connectivity index (χ1v) is 6.59. The second kappa shape index (κ2) is 6.52. The molecule has 2 N–H and O–H groups in total. The summed E-state index contributed by atoms with van der Waals surface area (Å²) in [5.74, 6) is 0.842. The van der Waals surface area contributed by atoms with E-state index in [-0.39, 0.29) is 0 Å². The molecule has 4 heteroatoms. The summed E-state index contributed by atoms with van der Waals surface area (Å²) in [5, 5.41) is 0. The van der Waals surface area contributed by atoms with Crippen LogP contribution < -0.4 is 10.5 Å². The van der Waals surface area contributed by atoms with Crippen molar-refractivity contribution in [2.75, 3.05) is 6.61 Å². The van der Waals surface area contributed by atoms with Gasteiger partial charge in [0.1, 0.15) is 5.75 Å². The standard InChI is InChI=1S/C14H15BrN2O/c15-13-3-1-2-12(10-16)14(13)18-9-6-11-4-7-17-8-5-11/h1-5,7-8H,6,9-10,16H2. The zero-order valence-electron chi connectivity index (χ0n) is 9.97. The molecular formula is C14H15BrN2O. The summed E-state index contributed by atoms with van der Waals surface area (Å²) in [6.45, 7) is 1.10. The fourth-order valence-corrected chi connectivity index (χ4v) is 2.22. The molecule has 0 atom stereocenters. The molecule has 0 aliphatic heterocycles. The molecule has 94 valence electrons. The fourth-order valence-electron chi connectivity index (χ4n) is 1.70. The molecule has 1 heterocycles. The van der Waals surface area contributed by atoms with E-state index in [1.807, 2.05) is 30.3 Å². The van der Waals surface area contributed by atoms with Crippen LogP contribution in [-0.4, -0.2) is 11.6 Å². The molecule has 2 aromatic rings. The van der Waals surface area contributed by atoms with Crippen LogP contribution >= 0.6 is 15.9 Å². The van der Waals surface area contributed by atoms with Gasteiger partial charge in [0.25, 0.3) is 0 Å². The summed E-state index contributed by atoms with van der Waals surface area (Å²) in [5.41, 5.74) is 7.92. The van der Waals surface area contributed by atoms with Gasteiger partial charge in [-0.25, -0.2) is 0 Å². The Morgan fingerprint density at radius 2 is 1.94 bits per heavy atom. The van der Waals surface area contributed by atoms with Crippen molar-refractivity contribution >= 4 is 15.9 Å². The zero-order valence-corrected chi connectivity index (χ0v) is 11.6. The summed E-state index contributed by atoms with van der Waals surface area (Å²) in [6, 6.07) is 9.88. The SMILES string of the molecule is NCc1cccc(Br)c1OCCc1ccncc1. The largest absolute Gasteiger partial charge is 0.492 e. The lowest BCUT2D eigenvalue weighted by atomic mass is 10.2. The fraction of sp³-hybridized carbons (Fsp3) is 0.214. The third kappa shape index (κ3) is 3.31. The van der Waals surface area contributed by atoms with E-state index in [1.54, 1.807) is 12.4 Å². The maximum absolute atomic E-state index is 5.82. The number of nitrogens with two attached hydrogens (primary N) is 1. The Morgan fingerprint density at radius 1 is 1.17 bits per heavy atom. The second-order valence-corrected chi connectivity index (χ2v) is 4.74. The van der Waals surface area contributed by atoms with Crippen molar-refractivity contribution in [1.82, 2.24) is 4.98 Å². The van der Waals surface area contributed by atoms with E-state index in [0.717, 1.165) is 22.2 Å². The van der Waals surface area contributed by atoms with Crippen molar-refractivity contribution < 1.29 is 4.74 Å². The van der Waals surface area contributed by atoms with Crippen molar-refractivity contribution in [2.45, 2.75) is 13.0 Å². The summed E-state index contributed by atoms with van der Waals surface area (Å²) in [4.78, 5) is 3.99. The molecule has 0 radical (unpaired) electrons. The molecule has 18 heavy (non-hydrogen) atoms. The van der Waals surface area contributed by atoms with Crippen LogP contribution in [0.4, 0.5) is 0 Å². The highest BCUT2D eigenvalue weighted by molar-refractivity contribution is 9.10. The molecule has 0 spiro atoms. The van der Waals surface area contributed by atoms with Crippen LogP contribution in [0.1, 0.15) is 11.1 Å². The first-order valence-electron chi connectivity index (χ1n) is 5.80. The van der Waals surface area contributed by atoms with Gasteiger partial charge in [-0.05, 0) is 39.7 Å². The smallest absolute Gasteiger partial charge is 0.137 e. The molecule has 0 aliphatic rings. The normalized spacial score (nSPS) is 10.3. The lowest BCUT2D eigenvalue weighted by Crippen LogP contribution is -2.06. The van der Waals surface area contributed by atoms with Crippen LogP contribution in [0.2, 0.25) is 0 Å². The molecule has 0 aliphatic carbocycles. The predicted octanol–water partition coefficient (Wildman–Crippen LogP) is 2.92. The highest BCUT2D eigenvalue weighted by Gasteiger charge is 2.06. The van der Waals surface area contributed by atoms with E-state index >= 15 is 0 Å². The molecular weight excluding hydrogens is 292 g/mol. The lowest BCUT2D eigenvalue weighted by molar-refractivity contribution is 0.316. The highest BCUT2D eigenvalue weighted by atomic mass is 79.9. The van der Waals surface area contributed by atoms with Crippen molar-refractivity contribution in [3.63, 3.8) is 0 Å². The Morgan fingerprint density at radius 3 is 2.67 bits per heavy atom. The minimum Gasteiger partial charge on any atom is -0.492 e. The summed E-state index contributed by atoms with van der Waals surface area (Å²) >= 11 is 3.48. The third-order valence-electron chi connectivity index (χ3n) is 2.65. The van der Waals surface area contributed by atoms with Crippen LogP contribution in [0, 0.1) is 0 Å². The Labute approximate surface area is 115 Å². The molecule has 0 unspecified atom stereocenters. The van der Waals surface area contributed by atoms with E-state index in [2.05, 4.69) is 20.9 Å². The number of rotatable bonds is 5. The number of benzene rings is 1. The minimum absolute atomic E-state index is 0.476. The van der Waals surface area contributed by atoms with Gasteiger partial charge in [0.2, 0.25) is 0 Å². The third-order valence-corrected chi connectivity index (χ3v) is 3.28. The topological polar surface area (TPSA) is 48.1 Å². The number of nitrogens with zero attached hydrogens (tertiary/aromatic N) is 1. The van der Waals surface area contributed by atoms with E-state index in [0.29, 0.717) is 13.2 Å². The van der Waals surface area contributed by atoms with Gasteiger partial charge in [-0.2, -0.15) is 0 Å². The minimum atomic E-state index is 0.476. The maximum atomic E-state index is 5.82. The van der Waals surface area contributed by atoms with Crippen molar-refractivity contribution in [1.29, 1.82) is 0 Å². The monoisotopic (exact) mass is 306 g/mol. The van der Waals surface area contributed by atoms with E-state index in [9.17, 15) is 0 Å². The molecule has 0 fully saturated rings. The first kappa shape index (κ1) is 13.1. The number of ether oxygens (including phenoxy) is 1. The number of pyridine rings is 1. The van der Waals surface area contributed by atoms with Gasteiger partial charge in [0.15, 0.2) is 0 Å². The number of hydrogen-bond acceptors (Lipinski definition) is 3. The average molecular weight is 307 g/mol. The number of halogens is 1. The van der Waals surface area contributed by atoms with Gasteiger partial charge in [-0.15, -0.1) is 0 Å². The van der Waals surface area contributed by atoms with Gasteiger partial charge in [0, 0.05) is 30.9 Å². The summed E-state index contributed by atoms with van der Waals surface area (Å²) in [6.07, 6.45) is 4.44. The van der Waals surface area contributed by atoms with Gasteiger partial charge < -0.3 is 10.5 Å². The Balaban J connectivity index is 1.98. The average Bonchev–Trinajstić information content (AvgIpc) is 2.41. The molecule has 2 rings (SSSR count). The van der Waals surface area contributed by atoms with Crippen molar-refractivity contribution in [3.8, 4) is 5.75 Å². The van der Waals surface area contributed by atoms with Gasteiger partial charge in [-0.3, -0.25) is 4.98 Å². The van der Waals surface area contributed by atoms with Crippen LogP contribution in [0.25, 0.3) is 0 Å². The summed E-state index contributed by atoms with van der Waals surface area (Å²) < 4.78 is 6.76. The first-order chi connectivity index (χ1) is 8.81. The van der Waals surface area contributed by atoms with E-state index < -0.39 is 0 Å². The second-order valence-electron chi connectivity index (χ2n) is 3.89. The zero-order chi connectivity index (χ0) is 12.8. The Hall–Kier alpha value is -1.39. The van der Waals surface area contributed by atoms with Crippen LogP contribution in [0.15, 0.2) is 47.2 Å². The number of para-hydroxylation sites is 1. The predicted molar refractivity (Wildman–Crippen MR) is 75.5 cm³/mol. The van der Waals surface area contributed by atoms with Crippen LogP contribution in [-0.2, 0) is 13.0 Å². The Kier molecular flexibility index (Phi) is 4.73. The molecule has 0 saturated heterocycles. The van der Waals surface area contributed by atoms with Crippen molar-refractivity contribution in [3.05, 3.63) is 58.3 Å². The molecule has 0 amide bonds. The summed E-state index contributed by atoms with van der Waals surface area (Å²) in [7, 11) is 0. The van der Waals surface area contributed by atoms with Crippen LogP contribution in [0.5, 0.6) is 5.75 Å². The Bertz CT molecular complexity index is 502. The van der Waals surface area contributed by atoms with Gasteiger partial charge >= 0.3 is 0 Å². The number of aromatic nitrogens is 1. The van der Waals surface area contributed by atoms with Gasteiger partial charge in [0.05, 0.1) is 11.1 Å².